The first-order chi connectivity index (χ1) is 21.4. The van der Waals surface area contributed by atoms with Gasteiger partial charge in [0.05, 0.1) is 33.6 Å². The number of carbonyl (C=O) groups is 2. The molecule has 7 nitrogen and oxygen atoms in total. The van der Waals surface area contributed by atoms with Crippen molar-refractivity contribution in [3.8, 4) is 11.3 Å². The molecule has 0 aliphatic rings. The highest BCUT2D eigenvalue weighted by atomic mass is 35.5. The largest absolute Gasteiger partial charge is 0.417 e. The molecule has 2 heterocycles. The molecule has 0 atom stereocenters. The van der Waals surface area contributed by atoms with Gasteiger partial charge < -0.3 is 10.6 Å². The smallest absolute Gasteiger partial charge is 0.322 e. The highest BCUT2D eigenvalue weighted by Gasteiger charge is 2.38. The van der Waals surface area contributed by atoms with Crippen LogP contribution in [0.25, 0.3) is 16.9 Å². The molecule has 238 valence electrons. The number of nitrogens with zero attached hydrogens (tertiary/aromatic N) is 3. The molecule has 5 rings (SSSR count). The molecule has 2 N–H and O–H groups in total. The fourth-order valence-electron chi connectivity index (χ4n) is 4.33. The van der Waals surface area contributed by atoms with Crippen LogP contribution in [0.4, 0.5) is 51.0 Å². The topological polar surface area (TPSA) is 88.4 Å². The van der Waals surface area contributed by atoms with Gasteiger partial charge in [-0.1, -0.05) is 23.7 Å². The van der Waals surface area contributed by atoms with E-state index in [2.05, 4.69) is 20.6 Å². The third kappa shape index (κ3) is 6.75. The van der Waals surface area contributed by atoms with Crippen LogP contribution in [-0.2, 0) is 18.5 Å². The Hall–Kier alpha value is -5.12. The fourth-order valence-corrected chi connectivity index (χ4v) is 4.55. The third-order valence-corrected chi connectivity index (χ3v) is 6.79. The summed E-state index contributed by atoms with van der Waals surface area (Å²) in [5.41, 5.74) is -4.89. The van der Waals surface area contributed by atoms with E-state index in [9.17, 15) is 49.1 Å². The zero-order valence-corrected chi connectivity index (χ0v) is 23.2. The zero-order chi connectivity index (χ0) is 33.6. The number of anilines is 2. The molecule has 0 fully saturated rings. The number of carbonyl (C=O) groups excluding carboxylic acids is 2. The van der Waals surface area contributed by atoms with Gasteiger partial charge in [-0.3, -0.25) is 14.0 Å². The van der Waals surface area contributed by atoms with Gasteiger partial charge in [0.2, 0.25) is 0 Å². The molecular formula is C29H15ClF9N5O2. The van der Waals surface area contributed by atoms with E-state index < -0.39 is 57.6 Å². The van der Waals surface area contributed by atoms with Gasteiger partial charge in [0.1, 0.15) is 0 Å². The number of imidazole rings is 1. The number of hydrogen-bond donors (Lipinski definition) is 2. The second kappa shape index (κ2) is 11.7. The zero-order valence-electron chi connectivity index (χ0n) is 22.4. The van der Waals surface area contributed by atoms with Gasteiger partial charge in [-0.15, -0.1) is 0 Å². The van der Waals surface area contributed by atoms with Gasteiger partial charge in [-0.25, -0.2) is 9.97 Å². The van der Waals surface area contributed by atoms with Gasteiger partial charge in [-0.2, -0.15) is 39.5 Å². The maximum atomic E-state index is 13.3. The first kappa shape index (κ1) is 32.3. The summed E-state index contributed by atoms with van der Waals surface area (Å²) in [7, 11) is 0. The average Bonchev–Trinajstić information content (AvgIpc) is 3.41. The monoisotopic (exact) mass is 671 g/mol. The summed E-state index contributed by atoms with van der Waals surface area (Å²) in [6.07, 6.45) is -11.2. The van der Waals surface area contributed by atoms with Gasteiger partial charge in [0, 0.05) is 34.8 Å². The van der Waals surface area contributed by atoms with Crippen molar-refractivity contribution in [2.45, 2.75) is 18.5 Å². The highest BCUT2D eigenvalue weighted by Crippen LogP contribution is 2.37. The average molecular weight is 672 g/mol. The van der Waals surface area contributed by atoms with Crippen LogP contribution in [0.15, 0.2) is 79.3 Å². The second-order valence-electron chi connectivity index (χ2n) is 9.59. The van der Waals surface area contributed by atoms with Crippen LogP contribution in [0, 0.1) is 0 Å². The summed E-state index contributed by atoms with van der Waals surface area (Å²) in [4.78, 5) is 33.6. The van der Waals surface area contributed by atoms with Crippen LogP contribution in [0.1, 0.15) is 37.4 Å². The van der Waals surface area contributed by atoms with Crippen LogP contribution < -0.4 is 10.6 Å². The molecule has 0 unspecified atom stereocenters. The maximum Gasteiger partial charge on any atom is 0.417 e. The lowest BCUT2D eigenvalue weighted by atomic mass is 10.0. The molecule has 0 aliphatic heterocycles. The van der Waals surface area contributed by atoms with E-state index in [1.165, 1.54) is 41.2 Å². The Kier molecular flexibility index (Phi) is 8.19. The van der Waals surface area contributed by atoms with Gasteiger partial charge in [-0.05, 0) is 48.5 Å². The predicted molar refractivity (Wildman–Crippen MR) is 147 cm³/mol. The van der Waals surface area contributed by atoms with Crippen LogP contribution in [0.5, 0.6) is 0 Å². The summed E-state index contributed by atoms with van der Waals surface area (Å²) < 4.78 is 121. The third-order valence-electron chi connectivity index (χ3n) is 6.46. The van der Waals surface area contributed by atoms with Crippen molar-refractivity contribution in [2.24, 2.45) is 0 Å². The minimum Gasteiger partial charge on any atom is -0.322 e. The van der Waals surface area contributed by atoms with E-state index in [4.69, 9.17) is 11.6 Å². The lowest BCUT2D eigenvalue weighted by Gasteiger charge is -2.14. The summed E-state index contributed by atoms with van der Waals surface area (Å²) in [6.45, 7) is 0. The van der Waals surface area contributed by atoms with Crippen LogP contribution in [0.2, 0.25) is 5.02 Å². The van der Waals surface area contributed by atoms with Crippen LogP contribution >= 0.6 is 11.6 Å². The number of nitrogens with one attached hydrogen (secondary N) is 2. The molecule has 0 radical (unpaired) electrons. The molecular weight excluding hydrogens is 657 g/mol. The van der Waals surface area contributed by atoms with Crippen molar-refractivity contribution in [3.63, 3.8) is 0 Å². The number of rotatable bonds is 5. The number of benzene rings is 3. The first-order valence-electron chi connectivity index (χ1n) is 12.6. The Bertz CT molecular complexity index is 1950. The van der Waals surface area contributed by atoms with Crippen LogP contribution in [0.3, 0.4) is 0 Å². The minimum absolute atomic E-state index is 0.0378. The quantitative estimate of drug-likeness (QED) is 0.183. The first-order valence-corrected chi connectivity index (χ1v) is 13.0. The SMILES string of the molecule is O=C(Nc1cccc(-c2cnc3c(NC(=O)c4cc(C(F)(F)F)cc(C(F)(F)F)c4)nccn23)c1)c1ccc(Cl)c(C(F)(F)F)c1. The molecule has 17 heteroatoms. The molecule has 2 aromatic heterocycles. The van der Waals surface area contributed by atoms with E-state index >= 15 is 0 Å². The second-order valence-corrected chi connectivity index (χ2v) is 10.00. The minimum atomic E-state index is -5.17. The summed E-state index contributed by atoms with van der Waals surface area (Å²) in [5, 5.41) is 4.09. The molecule has 46 heavy (non-hydrogen) atoms. The van der Waals surface area contributed by atoms with Crippen molar-refractivity contribution < 1.29 is 49.1 Å². The fraction of sp³-hybridized carbons (Fsp3) is 0.103. The molecule has 2 amide bonds. The standard InChI is InChI=1S/C29H15ClF9N5O2/c30-21-5-4-15(11-20(21)29(37,38)39)25(45)42-19-3-1-2-14(10-19)22-13-41-24-23(40-6-7-44(22)24)43-26(46)16-8-17(27(31,32)33)12-18(9-16)28(34,35)36/h1-13H,(H,42,45)(H,40,43,46). The summed E-state index contributed by atoms with van der Waals surface area (Å²) in [5.74, 6) is -2.48. The number of amides is 2. The van der Waals surface area contributed by atoms with Crippen molar-refractivity contribution >= 4 is 40.6 Å². The lowest BCUT2D eigenvalue weighted by molar-refractivity contribution is -0.143. The van der Waals surface area contributed by atoms with Crippen LogP contribution in [-0.4, -0.2) is 26.2 Å². The molecule has 0 aliphatic carbocycles. The molecule has 0 saturated heterocycles. The molecule has 0 spiro atoms. The number of halogens is 10. The highest BCUT2D eigenvalue weighted by molar-refractivity contribution is 6.31. The van der Waals surface area contributed by atoms with Gasteiger partial charge >= 0.3 is 18.5 Å². The summed E-state index contributed by atoms with van der Waals surface area (Å²) in [6, 6.07) is 9.14. The molecule has 3 aromatic carbocycles. The predicted octanol–water partition coefficient (Wildman–Crippen LogP) is 8.61. The molecule has 0 bridgehead atoms. The molecule has 0 saturated carbocycles. The van der Waals surface area contributed by atoms with E-state index in [-0.39, 0.29) is 40.9 Å². The number of fused-ring (bicyclic) bond motifs is 1. The van der Waals surface area contributed by atoms with E-state index in [0.29, 0.717) is 17.3 Å². The number of aromatic nitrogens is 3. The normalized spacial score (nSPS) is 12.3. The molecule has 5 aromatic rings. The van der Waals surface area contributed by atoms with Gasteiger partial charge in [0.15, 0.2) is 11.5 Å². The number of hydrogen-bond acceptors (Lipinski definition) is 4. The number of alkyl halides is 9. The van der Waals surface area contributed by atoms with Crippen molar-refractivity contribution in [1.29, 1.82) is 0 Å². The Morgan fingerprint density at radius 3 is 2.00 bits per heavy atom. The van der Waals surface area contributed by atoms with E-state index in [1.807, 2.05) is 0 Å². The van der Waals surface area contributed by atoms with E-state index in [1.54, 1.807) is 6.07 Å². The Balaban J connectivity index is 1.42. The summed E-state index contributed by atoms with van der Waals surface area (Å²) >= 11 is 5.62. The maximum absolute atomic E-state index is 13.3. The van der Waals surface area contributed by atoms with Gasteiger partial charge in [0.25, 0.3) is 11.8 Å². The van der Waals surface area contributed by atoms with Crippen molar-refractivity contribution in [3.05, 3.63) is 112 Å². The lowest BCUT2D eigenvalue weighted by Crippen LogP contribution is -2.18. The van der Waals surface area contributed by atoms with Crippen molar-refractivity contribution in [2.75, 3.05) is 10.6 Å². The Morgan fingerprint density at radius 2 is 1.37 bits per heavy atom. The Morgan fingerprint density at radius 1 is 0.717 bits per heavy atom. The van der Waals surface area contributed by atoms with E-state index in [0.717, 1.165) is 12.1 Å². The Labute approximate surface area is 256 Å². The van der Waals surface area contributed by atoms with Crippen molar-refractivity contribution in [1.82, 2.24) is 14.4 Å².